The van der Waals surface area contributed by atoms with E-state index in [1.165, 1.54) is 0 Å². The normalized spacial score (nSPS) is 18.8. The van der Waals surface area contributed by atoms with Crippen LogP contribution in [-0.2, 0) is 4.74 Å². The van der Waals surface area contributed by atoms with Gasteiger partial charge in [-0.1, -0.05) is 0 Å². The van der Waals surface area contributed by atoms with Gasteiger partial charge in [0, 0.05) is 24.9 Å². The fraction of sp³-hybridized carbons (Fsp3) is 0.526. The van der Waals surface area contributed by atoms with Crippen molar-refractivity contribution in [1.29, 1.82) is 0 Å². The Morgan fingerprint density at radius 3 is 2.87 bits per heavy atom. The maximum absolute atomic E-state index is 11.4. The van der Waals surface area contributed by atoms with Gasteiger partial charge in [0.1, 0.15) is 5.69 Å². The van der Waals surface area contributed by atoms with Crippen LogP contribution >= 0.6 is 0 Å². The number of H-pyrrole nitrogens is 2. The Balaban J connectivity index is 1.41. The minimum absolute atomic E-state index is 0.234. The molecule has 4 heterocycles. The van der Waals surface area contributed by atoms with Crippen LogP contribution in [0.1, 0.15) is 25.0 Å². The molecule has 3 aromatic rings. The molecule has 0 aromatic carbocycles. The van der Waals surface area contributed by atoms with Gasteiger partial charge in [0.15, 0.2) is 5.65 Å². The van der Waals surface area contributed by atoms with Gasteiger partial charge in [0.05, 0.1) is 25.5 Å². The predicted molar refractivity (Wildman–Crippen MR) is 112 cm³/mol. The van der Waals surface area contributed by atoms with Gasteiger partial charge in [-0.15, -0.1) is 0 Å². The zero-order chi connectivity index (χ0) is 21.2. The average Bonchev–Trinajstić information content (AvgIpc) is 3.40. The smallest absolute Gasteiger partial charge is 0.326 e. The third-order valence-corrected chi connectivity index (χ3v) is 5.30. The molecule has 0 atom stereocenters. The highest BCUT2D eigenvalue weighted by Crippen LogP contribution is 2.22. The summed E-state index contributed by atoms with van der Waals surface area (Å²) in [5, 5.41) is 18.2. The number of aromatic amines is 2. The first kappa shape index (κ1) is 19.7. The van der Waals surface area contributed by atoms with Crippen molar-refractivity contribution < 1.29 is 9.84 Å². The van der Waals surface area contributed by atoms with E-state index in [0.29, 0.717) is 22.4 Å². The van der Waals surface area contributed by atoms with Crippen LogP contribution in [0.3, 0.4) is 0 Å². The largest absolute Gasteiger partial charge is 0.493 e. The monoisotopic (exact) mass is 427 g/mol. The van der Waals surface area contributed by atoms with Crippen LogP contribution in [0.15, 0.2) is 16.0 Å². The first-order valence-electron chi connectivity index (χ1n) is 10.5. The SMILES string of the molecule is O=c1[nH]c(O)c(C=c2cnn3c(=NC4CC4)nc(NCCCN4CCOCC4)nc23)[nH]1. The Morgan fingerprint density at radius 1 is 1.29 bits per heavy atom. The fourth-order valence-electron chi connectivity index (χ4n) is 3.49. The van der Waals surface area contributed by atoms with Crippen molar-refractivity contribution in [3.63, 3.8) is 0 Å². The van der Waals surface area contributed by atoms with Crippen LogP contribution in [0.25, 0.3) is 11.7 Å². The number of morpholine rings is 1. The van der Waals surface area contributed by atoms with Gasteiger partial charge in [-0.3, -0.25) is 9.88 Å². The molecule has 2 aliphatic rings. The van der Waals surface area contributed by atoms with Crippen molar-refractivity contribution in [1.82, 2.24) is 34.4 Å². The van der Waals surface area contributed by atoms with Crippen molar-refractivity contribution in [3.8, 4) is 5.88 Å². The van der Waals surface area contributed by atoms with E-state index in [0.717, 1.165) is 58.7 Å². The topological polar surface area (TPSA) is 149 Å². The number of anilines is 1. The van der Waals surface area contributed by atoms with Gasteiger partial charge in [0.25, 0.3) is 5.62 Å². The Bertz CT molecular complexity index is 1230. The molecule has 1 saturated heterocycles. The van der Waals surface area contributed by atoms with E-state index in [1.807, 2.05) is 0 Å². The molecule has 0 unspecified atom stereocenters. The van der Waals surface area contributed by atoms with E-state index in [1.54, 1.807) is 16.8 Å². The predicted octanol–water partition coefficient (Wildman–Crippen LogP) is -1.41. The summed E-state index contributed by atoms with van der Waals surface area (Å²) < 4.78 is 6.97. The second-order valence-corrected chi connectivity index (χ2v) is 7.76. The Kier molecular flexibility index (Phi) is 5.38. The second kappa shape index (κ2) is 8.47. The number of aromatic hydroxyl groups is 1. The summed E-state index contributed by atoms with van der Waals surface area (Å²) in [5.41, 5.74) is 0.822. The summed E-state index contributed by atoms with van der Waals surface area (Å²) in [4.78, 5) is 32.5. The standard InChI is InChI=1S/C19H25N9O3/c29-16-14(23-19(30)25-16)10-12-11-21-28-15(12)24-17(26-18(28)22-13-2-3-13)20-4-1-5-27-6-8-31-9-7-27/h10-11,13,29H,1-9H2,(H,20,22,26)(H2,23,25,30). The molecule has 0 bridgehead atoms. The molecule has 4 N–H and O–H groups in total. The highest BCUT2D eigenvalue weighted by atomic mass is 16.5. The maximum Gasteiger partial charge on any atom is 0.326 e. The molecule has 0 spiro atoms. The number of nitrogens with zero attached hydrogens (tertiary/aromatic N) is 6. The van der Waals surface area contributed by atoms with Crippen molar-refractivity contribution in [2.24, 2.45) is 4.99 Å². The molecule has 1 aliphatic heterocycles. The lowest BCUT2D eigenvalue weighted by Gasteiger charge is -2.26. The third kappa shape index (κ3) is 4.59. The highest BCUT2D eigenvalue weighted by molar-refractivity contribution is 5.57. The summed E-state index contributed by atoms with van der Waals surface area (Å²) in [5.74, 6) is 0.249. The number of ether oxygens (including phenoxy) is 1. The number of nitrogens with one attached hydrogen (secondary N) is 3. The Hall–Kier alpha value is -3.25. The molecule has 164 valence electrons. The summed E-state index contributed by atoms with van der Waals surface area (Å²) in [6.07, 6.45) is 6.29. The van der Waals surface area contributed by atoms with Gasteiger partial charge in [0.2, 0.25) is 11.8 Å². The van der Waals surface area contributed by atoms with Crippen LogP contribution in [0.2, 0.25) is 0 Å². The molecule has 1 aliphatic carbocycles. The lowest BCUT2D eigenvalue weighted by Crippen LogP contribution is -2.37. The summed E-state index contributed by atoms with van der Waals surface area (Å²) in [7, 11) is 0. The summed E-state index contributed by atoms with van der Waals surface area (Å²) in [6.45, 7) is 5.24. The molecule has 3 aromatic heterocycles. The zero-order valence-electron chi connectivity index (χ0n) is 17.0. The van der Waals surface area contributed by atoms with Crippen molar-refractivity contribution in [2.45, 2.75) is 25.3 Å². The minimum atomic E-state index is -0.484. The summed E-state index contributed by atoms with van der Waals surface area (Å²) in [6, 6.07) is 0.272. The van der Waals surface area contributed by atoms with E-state index in [-0.39, 0.29) is 17.6 Å². The van der Waals surface area contributed by atoms with E-state index in [9.17, 15) is 9.90 Å². The van der Waals surface area contributed by atoms with Crippen molar-refractivity contribution >= 4 is 17.7 Å². The second-order valence-electron chi connectivity index (χ2n) is 7.76. The summed E-state index contributed by atoms with van der Waals surface area (Å²) >= 11 is 0. The molecule has 1 saturated carbocycles. The first-order chi connectivity index (χ1) is 15.2. The van der Waals surface area contributed by atoms with Gasteiger partial charge in [-0.05, 0) is 31.9 Å². The van der Waals surface area contributed by atoms with Crippen LogP contribution in [0.5, 0.6) is 5.88 Å². The van der Waals surface area contributed by atoms with Crippen LogP contribution < -0.4 is 21.8 Å². The number of imidazole rings is 1. The molecular formula is C19H25N9O3. The first-order valence-corrected chi connectivity index (χ1v) is 10.5. The molecule has 31 heavy (non-hydrogen) atoms. The number of fused-ring (bicyclic) bond motifs is 1. The van der Waals surface area contributed by atoms with Crippen LogP contribution in [-0.4, -0.2) is 85.0 Å². The maximum atomic E-state index is 11.4. The van der Waals surface area contributed by atoms with Crippen molar-refractivity contribution in [3.05, 3.63) is 33.2 Å². The number of aromatic nitrogens is 6. The van der Waals surface area contributed by atoms with E-state index in [2.05, 4.69) is 40.2 Å². The molecule has 0 radical (unpaired) electrons. The Labute approximate surface area is 176 Å². The highest BCUT2D eigenvalue weighted by Gasteiger charge is 2.21. The molecule has 12 heteroatoms. The average molecular weight is 427 g/mol. The molecule has 2 fully saturated rings. The number of hydrogen-bond donors (Lipinski definition) is 4. The van der Waals surface area contributed by atoms with Gasteiger partial charge < -0.3 is 20.1 Å². The third-order valence-electron chi connectivity index (χ3n) is 5.30. The van der Waals surface area contributed by atoms with Gasteiger partial charge in [-0.2, -0.15) is 19.6 Å². The molecule has 5 rings (SSSR count). The van der Waals surface area contributed by atoms with Crippen molar-refractivity contribution in [2.75, 3.05) is 44.7 Å². The lowest BCUT2D eigenvalue weighted by atomic mass is 10.3. The van der Waals surface area contributed by atoms with E-state index < -0.39 is 5.69 Å². The van der Waals surface area contributed by atoms with Gasteiger partial charge in [-0.25, -0.2) is 9.79 Å². The number of hydrogen-bond acceptors (Lipinski definition) is 9. The minimum Gasteiger partial charge on any atom is -0.493 e. The number of rotatable bonds is 7. The fourth-order valence-corrected chi connectivity index (χ4v) is 3.49. The van der Waals surface area contributed by atoms with Gasteiger partial charge >= 0.3 is 5.69 Å². The molecule has 0 amide bonds. The van der Waals surface area contributed by atoms with Crippen LogP contribution in [0.4, 0.5) is 5.95 Å². The van der Waals surface area contributed by atoms with Crippen LogP contribution in [0, 0.1) is 0 Å². The Morgan fingerprint density at radius 2 is 2.13 bits per heavy atom. The lowest BCUT2D eigenvalue weighted by molar-refractivity contribution is 0.0378. The quantitative estimate of drug-likeness (QED) is 0.336. The van der Waals surface area contributed by atoms with E-state index >= 15 is 0 Å². The zero-order valence-corrected chi connectivity index (χ0v) is 17.0. The molecule has 12 nitrogen and oxygen atoms in total. The molecular weight excluding hydrogens is 402 g/mol. The van der Waals surface area contributed by atoms with E-state index in [4.69, 9.17) is 4.74 Å².